The fraction of sp³-hybridized carbons (Fsp3) is 0. The Hall–Kier alpha value is -7.69. The summed E-state index contributed by atoms with van der Waals surface area (Å²) in [5.74, 6) is 0.605. The number of hydrogen-bond acceptors (Lipinski definition) is 4. The first-order valence-corrected chi connectivity index (χ1v) is 19.2. The third kappa shape index (κ3) is 5.92. The summed E-state index contributed by atoms with van der Waals surface area (Å²) < 4.78 is 12.6. The van der Waals surface area contributed by atoms with Crippen molar-refractivity contribution in [2.45, 2.75) is 0 Å². The number of oxazole rings is 1. The van der Waals surface area contributed by atoms with Gasteiger partial charge in [0.25, 0.3) is 0 Å². The average Bonchev–Trinajstić information content (AvgIpc) is 3.87. The van der Waals surface area contributed by atoms with Crippen LogP contribution in [0.5, 0.6) is 0 Å². The van der Waals surface area contributed by atoms with Crippen LogP contribution in [0.2, 0.25) is 0 Å². The zero-order valence-electron chi connectivity index (χ0n) is 30.8. The van der Waals surface area contributed by atoms with E-state index in [1.54, 1.807) is 0 Å². The van der Waals surface area contributed by atoms with Crippen molar-refractivity contribution in [1.29, 1.82) is 0 Å². The molecule has 0 aliphatic heterocycles. The van der Waals surface area contributed by atoms with E-state index in [-0.39, 0.29) is 0 Å². The molecular weight excluding hydrogens is 697 g/mol. The molecule has 0 spiro atoms. The molecule has 0 saturated heterocycles. The molecule has 0 bridgehead atoms. The van der Waals surface area contributed by atoms with E-state index in [9.17, 15) is 0 Å². The number of hydrogen-bond donors (Lipinski definition) is 0. The molecule has 0 radical (unpaired) electrons. The maximum absolute atomic E-state index is 6.44. The van der Waals surface area contributed by atoms with Crippen molar-refractivity contribution >= 4 is 60.9 Å². The Morgan fingerprint density at radius 2 is 0.930 bits per heavy atom. The van der Waals surface area contributed by atoms with Crippen LogP contribution in [-0.2, 0) is 0 Å². The molecule has 0 unspecified atom stereocenters. The predicted molar refractivity (Wildman–Crippen MR) is 235 cm³/mol. The maximum Gasteiger partial charge on any atom is 0.227 e. The quantitative estimate of drug-likeness (QED) is 0.164. The van der Waals surface area contributed by atoms with E-state index in [0.29, 0.717) is 5.89 Å². The lowest BCUT2D eigenvalue weighted by molar-refractivity contribution is 0.620. The van der Waals surface area contributed by atoms with Crippen molar-refractivity contribution in [3.63, 3.8) is 0 Å². The van der Waals surface area contributed by atoms with Crippen LogP contribution >= 0.6 is 0 Å². The normalized spacial score (nSPS) is 11.5. The van der Waals surface area contributed by atoms with Crippen molar-refractivity contribution < 1.29 is 8.83 Å². The largest absolute Gasteiger partial charge is 0.456 e. The molecule has 0 atom stereocenters. The minimum Gasteiger partial charge on any atom is -0.456 e. The molecule has 57 heavy (non-hydrogen) atoms. The van der Waals surface area contributed by atoms with E-state index in [1.165, 1.54) is 33.0 Å². The zero-order chi connectivity index (χ0) is 37.7. The Kier molecular flexibility index (Phi) is 7.78. The van der Waals surface area contributed by atoms with Crippen LogP contribution in [0, 0.1) is 0 Å². The summed E-state index contributed by atoms with van der Waals surface area (Å²) in [6.45, 7) is 0. The van der Waals surface area contributed by atoms with E-state index < -0.39 is 0 Å². The number of fused-ring (bicyclic) bond motifs is 5. The van der Waals surface area contributed by atoms with Gasteiger partial charge in [-0.25, -0.2) is 4.98 Å². The van der Waals surface area contributed by atoms with Crippen molar-refractivity contribution in [1.82, 2.24) is 4.98 Å². The zero-order valence-corrected chi connectivity index (χ0v) is 30.8. The van der Waals surface area contributed by atoms with Gasteiger partial charge in [0.1, 0.15) is 16.7 Å². The maximum atomic E-state index is 6.44. The van der Waals surface area contributed by atoms with Crippen molar-refractivity contribution in [2.24, 2.45) is 0 Å². The van der Waals surface area contributed by atoms with Crippen LogP contribution < -0.4 is 4.90 Å². The van der Waals surface area contributed by atoms with Gasteiger partial charge >= 0.3 is 0 Å². The fourth-order valence-electron chi connectivity index (χ4n) is 8.05. The number of aromatic nitrogens is 1. The van der Waals surface area contributed by atoms with Gasteiger partial charge < -0.3 is 13.7 Å². The first-order chi connectivity index (χ1) is 28.2. The van der Waals surface area contributed by atoms with E-state index in [0.717, 1.165) is 66.8 Å². The Morgan fingerprint density at radius 3 is 1.72 bits per heavy atom. The summed E-state index contributed by atoms with van der Waals surface area (Å²) in [6.07, 6.45) is 0. The smallest absolute Gasteiger partial charge is 0.227 e. The van der Waals surface area contributed by atoms with Crippen molar-refractivity contribution in [3.8, 4) is 44.8 Å². The number of rotatable bonds is 7. The second-order valence-electron chi connectivity index (χ2n) is 14.4. The molecule has 11 rings (SSSR count). The summed E-state index contributed by atoms with van der Waals surface area (Å²) in [4.78, 5) is 7.08. The lowest BCUT2D eigenvalue weighted by Crippen LogP contribution is -2.10. The average molecular weight is 731 g/mol. The summed E-state index contributed by atoms with van der Waals surface area (Å²) in [5, 5.41) is 4.54. The molecule has 2 heterocycles. The second kappa shape index (κ2) is 13.6. The first-order valence-electron chi connectivity index (χ1n) is 19.2. The molecule has 4 heteroatoms. The lowest BCUT2D eigenvalue weighted by atomic mass is 9.98. The summed E-state index contributed by atoms with van der Waals surface area (Å²) >= 11 is 0. The predicted octanol–water partition coefficient (Wildman–Crippen LogP) is 15.0. The number of nitrogens with zero attached hydrogens (tertiary/aromatic N) is 2. The standard InChI is InChI=1S/C53H34N2O2/c1-3-11-35(12-4-1)40-17-9-18-44(31-40)55(43-28-23-38(24-29-43)46-20-10-16-37-13-7-8-19-45(37)46)42-26-21-36(22-27-42)41-25-30-47-48-33-52-49(34-51(48)56-50(47)32-41)54-53(57-52)39-14-5-2-6-15-39/h1-34H. The van der Waals surface area contributed by atoms with Crippen LogP contribution in [0.15, 0.2) is 215 Å². The molecule has 4 nitrogen and oxygen atoms in total. The Bertz CT molecular complexity index is 3210. The van der Waals surface area contributed by atoms with Gasteiger partial charge in [-0.2, -0.15) is 0 Å². The van der Waals surface area contributed by atoms with Gasteiger partial charge in [-0.05, 0) is 111 Å². The van der Waals surface area contributed by atoms with Gasteiger partial charge in [0, 0.05) is 39.5 Å². The number of benzene rings is 9. The minimum atomic E-state index is 0.605. The Labute approximate surface area is 329 Å². The molecule has 0 fully saturated rings. The van der Waals surface area contributed by atoms with Gasteiger partial charge in [0.05, 0.1) is 0 Å². The Morgan fingerprint density at radius 1 is 0.333 bits per heavy atom. The van der Waals surface area contributed by atoms with Crippen LogP contribution in [-0.4, -0.2) is 4.98 Å². The van der Waals surface area contributed by atoms with Gasteiger partial charge in [-0.15, -0.1) is 0 Å². The number of anilines is 3. The van der Waals surface area contributed by atoms with Gasteiger partial charge in [-0.1, -0.05) is 133 Å². The lowest BCUT2D eigenvalue weighted by Gasteiger charge is -2.26. The highest BCUT2D eigenvalue weighted by molar-refractivity contribution is 6.09. The molecule has 0 aliphatic carbocycles. The first kappa shape index (κ1) is 32.7. The molecular formula is C53H34N2O2. The molecule has 268 valence electrons. The molecule has 11 aromatic rings. The van der Waals surface area contributed by atoms with Crippen molar-refractivity contribution in [3.05, 3.63) is 206 Å². The highest BCUT2D eigenvalue weighted by Gasteiger charge is 2.17. The molecule has 0 N–H and O–H groups in total. The molecule has 0 saturated carbocycles. The molecule has 2 aromatic heterocycles. The van der Waals surface area contributed by atoms with Crippen LogP contribution in [0.1, 0.15) is 0 Å². The van der Waals surface area contributed by atoms with E-state index in [1.807, 2.05) is 42.5 Å². The molecule has 0 amide bonds. The second-order valence-corrected chi connectivity index (χ2v) is 14.4. The summed E-state index contributed by atoms with van der Waals surface area (Å²) in [6, 6.07) is 72.5. The third-order valence-electron chi connectivity index (χ3n) is 10.9. The highest BCUT2D eigenvalue weighted by Crippen LogP contribution is 2.40. The molecule has 9 aromatic carbocycles. The Balaban J connectivity index is 0.952. The summed E-state index contributed by atoms with van der Waals surface area (Å²) in [7, 11) is 0. The van der Waals surface area contributed by atoms with E-state index in [4.69, 9.17) is 13.8 Å². The van der Waals surface area contributed by atoms with Crippen molar-refractivity contribution in [2.75, 3.05) is 4.90 Å². The third-order valence-corrected chi connectivity index (χ3v) is 10.9. The van der Waals surface area contributed by atoms with E-state index >= 15 is 0 Å². The topological polar surface area (TPSA) is 42.4 Å². The van der Waals surface area contributed by atoms with Gasteiger partial charge in [0.15, 0.2) is 5.58 Å². The van der Waals surface area contributed by atoms with Crippen LogP contribution in [0.4, 0.5) is 17.1 Å². The van der Waals surface area contributed by atoms with Gasteiger partial charge in [-0.3, -0.25) is 0 Å². The minimum absolute atomic E-state index is 0.605. The SMILES string of the molecule is c1ccc(-c2cccc(N(c3ccc(-c4ccc5c(c4)oc4cc6nc(-c7ccccc7)oc6cc45)cc3)c3ccc(-c4cccc5ccccc45)cc3)c2)cc1. The van der Waals surface area contributed by atoms with Crippen LogP contribution in [0.25, 0.3) is 88.6 Å². The number of furan rings is 1. The van der Waals surface area contributed by atoms with E-state index in [2.05, 4.69) is 169 Å². The fourth-order valence-corrected chi connectivity index (χ4v) is 8.05. The van der Waals surface area contributed by atoms with Crippen LogP contribution in [0.3, 0.4) is 0 Å². The summed E-state index contributed by atoms with van der Waals surface area (Å²) in [5.41, 5.74) is 14.3. The highest BCUT2D eigenvalue weighted by atomic mass is 16.4. The van der Waals surface area contributed by atoms with Gasteiger partial charge in [0.2, 0.25) is 5.89 Å². The monoisotopic (exact) mass is 730 g/mol. The molecule has 0 aliphatic rings.